The lowest BCUT2D eigenvalue weighted by molar-refractivity contribution is 0.0601. The van der Waals surface area contributed by atoms with E-state index in [1.165, 1.54) is 49.0 Å². The second-order valence-corrected chi connectivity index (χ2v) is 10.1. The summed E-state index contributed by atoms with van der Waals surface area (Å²) >= 11 is 6.51. The van der Waals surface area contributed by atoms with Gasteiger partial charge in [0.25, 0.3) is 5.56 Å². The number of aromatic nitrogens is 2. The zero-order valence-corrected chi connectivity index (χ0v) is 19.1. The third kappa shape index (κ3) is 4.60. The zero-order valence-electron chi connectivity index (χ0n) is 17.6. The Kier molecular flexibility index (Phi) is 7.03. The molecule has 1 aromatic carbocycles. The Morgan fingerprint density at radius 2 is 1.77 bits per heavy atom. The van der Waals surface area contributed by atoms with E-state index < -0.39 is 27.0 Å². The van der Waals surface area contributed by atoms with E-state index in [4.69, 9.17) is 21.1 Å². The molecule has 3 rings (SSSR count). The summed E-state index contributed by atoms with van der Waals surface area (Å²) in [5.74, 6) is -0.557. The van der Waals surface area contributed by atoms with Crippen LogP contribution in [0.2, 0.25) is 5.02 Å². The van der Waals surface area contributed by atoms with Crippen LogP contribution in [0.4, 0.5) is 5.69 Å². The molecule has 1 aliphatic heterocycles. The van der Waals surface area contributed by atoms with Crippen molar-refractivity contribution in [1.82, 2.24) is 9.36 Å². The molecular formula is C20H24ClN3O6S. The normalized spacial score (nSPS) is 15.5. The van der Waals surface area contributed by atoms with Gasteiger partial charge in [-0.05, 0) is 25.0 Å². The number of nitrogens with zero attached hydrogens (tertiary/aromatic N) is 3. The minimum Gasteiger partial charge on any atom is -0.465 e. The van der Waals surface area contributed by atoms with Crippen LogP contribution in [0.1, 0.15) is 45.5 Å². The molecule has 1 aliphatic rings. The second-order valence-electron chi connectivity index (χ2n) is 7.21. The highest BCUT2D eigenvalue weighted by Gasteiger charge is 2.26. The lowest BCUT2D eigenvalue weighted by Crippen LogP contribution is -2.23. The first-order valence-corrected chi connectivity index (χ1v) is 11.9. The van der Waals surface area contributed by atoms with E-state index in [1.54, 1.807) is 0 Å². The van der Waals surface area contributed by atoms with Gasteiger partial charge in [-0.2, -0.15) is 4.36 Å². The Bertz CT molecular complexity index is 1190. The van der Waals surface area contributed by atoms with Gasteiger partial charge in [0.1, 0.15) is 18.0 Å². The summed E-state index contributed by atoms with van der Waals surface area (Å²) < 4.78 is 30.1. The number of ketones is 1. The molecule has 31 heavy (non-hydrogen) atoms. The van der Waals surface area contributed by atoms with Gasteiger partial charge in [-0.25, -0.2) is 9.00 Å². The fraction of sp³-hybridized carbons (Fsp3) is 0.450. The molecule has 0 amide bonds. The van der Waals surface area contributed by atoms with Gasteiger partial charge in [-0.3, -0.25) is 19.0 Å². The molecular weight excluding hydrogens is 446 g/mol. The van der Waals surface area contributed by atoms with Gasteiger partial charge in [0, 0.05) is 37.4 Å². The van der Waals surface area contributed by atoms with Crippen LogP contribution in [0.15, 0.2) is 27.5 Å². The highest BCUT2D eigenvalue weighted by molar-refractivity contribution is 7.93. The van der Waals surface area contributed by atoms with Crippen molar-refractivity contribution >= 4 is 38.8 Å². The van der Waals surface area contributed by atoms with Crippen LogP contribution in [-0.4, -0.2) is 51.1 Å². The van der Waals surface area contributed by atoms with Crippen molar-refractivity contribution < 1.29 is 23.3 Å². The molecule has 2 aromatic rings. The number of carbonyl (C=O) groups excluding carboxylic acids is 2. The molecule has 0 atom stereocenters. The molecule has 0 radical (unpaired) electrons. The number of esters is 1. The third-order valence-electron chi connectivity index (χ3n) is 5.14. The molecule has 1 saturated heterocycles. The van der Waals surface area contributed by atoms with Gasteiger partial charge in [-0.1, -0.05) is 18.0 Å². The van der Waals surface area contributed by atoms with Gasteiger partial charge in [-0.15, -0.1) is 0 Å². The average Bonchev–Trinajstić information content (AvgIpc) is 3.03. The number of halogens is 1. The Balaban J connectivity index is 2.17. The van der Waals surface area contributed by atoms with Crippen molar-refractivity contribution in [2.75, 3.05) is 25.7 Å². The Hall–Kier alpha value is -2.43. The topological polar surface area (TPSA) is 109 Å². The minimum atomic E-state index is -2.62. The van der Waals surface area contributed by atoms with Gasteiger partial charge in [0.2, 0.25) is 5.78 Å². The highest BCUT2D eigenvalue weighted by Crippen LogP contribution is 2.36. The second kappa shape index (κ2) is 9.37. The summed E-state index contributed by atoms with van der Waals surface area (Å²) in [6, 6.07) is 2.70. The number of carbonyl (C=O) groups is 2. The summed E-state index contributed by atoms with van der Waals surface area (Å²) in [5, 5.41) is -0.136. The smallest absolute Gasteiger partial charge is 0.340 e. The van der Waals surface area contributed by atoms with Crippen molar-refractivity contribution in [3.05, 3.63) is 50.4 Å². The van der Waals surface area contributed by atoms with Crippen molar-refractivity contribution in [2.45, 2.75) is 26.0 Å². The summed E-state index contributed by atoms with van der Waals surface area (Å²) in [6.07, 6.45) is 3.85. The van der Waals surface area contributed by atoms with Crippen LogP contribution in [0.25, 0.3) is 0 Å². The number of ether oxygens (including phenoxy) is 2. The molecule has 0 spiro atoms. The van der Waals surface area contributed by atoms with Crippen LogP contribution in [0.5, 0.6) is 0 Å². The van der Waals surface area contributed by atoms with Crippen LogP contribution in [-0.2, 0) is 33.0 Å². The molecule has 0 unspecified atom stereocenters. The molecule has 11 heteroatoms. The number of rotatable bonds is 6. The van der Waals surface area contributed by atoms with Crippen molar-refractivity contribution in [1.29, 1.82) is 0 Å². The van der Waals surface area contributed by atoms with Crippen molar-refractivity contribution in [2.24, 2.45) is 11.4 Å². The maximum Gasteiger partial charge on any atom is 0.340 e. The predicted molar refractivity (Wildman–Crippen MR) is 117 cm³/mol. The van der Waals surface area contributed by atoms with Crippen molar-refractivity contribution in [3.63, 3.8) is 0 Å². The lowest BCUT2D eigenvalue weighted by atomic mass is 10.0. The highest BCUT2D eigenvalue weighted by atomic mass is 35.5. The SMILES string of the molecule is COCn1cc(C(=O)c2ccc(C(=O)OC)c(N=S3(=O)CCCCC3)c2Cl)c(=O)n1C. The van der Waals surface area contributed by atoms with Crippen LogP contribution >= 0.6 is 11.6 Å². The number of benzene rings is 1. The minimum absolute atomic E-state index is 0.0147. The molecule has 0 bridgehead atoms. The third-order valence-corrected chi connectivity index (χ3v) is 7.90. The van der Waals surface area contributed by atoms with Gasteiger partial charge >= 0.3 is 5.97 Å². The molecule has 0 N–H and O–H groups in total. The zero-order chi connectivity index (χ0) is 22.8. The van der Waals surface area contributed by atoms with E-state index in [-0.39, 0.29) is 34.1 Å². The first-order chi connectivity index (χ1) is 14.7. The predicted octanol–water partition coefficient (Wildman–Crippen LogP) is 2.75. The van der Waals surface area contributed by atoms with Crippen LogP contribution < -0.4 is 5.56 Å². The molecule has 1 fully saturated rings. The van der Waals surface area contributed by atoms with Gasteiger partial charge in [0.15, 0.2) is 0 Å². The Morgan fingerprint density at radius 3 is 2.39 bits per heavy atom. The van der Waals surface area contributed by atoms with Crippen molar-refractivity contribution in [3.8, 4) is 0 Å². The fourth-order valence-corrected chi connectivity index (χ4v) is 6.00. The molecule has 1 aromatic heterocycles. The quantitative estimate of drug-likeness (QED) is 0.475. The van der Waals surface area contributed by atoms with E-state index in [2.05, 4.69) is 4.36 Å². The summed E-state index contributed by atoms with van der Waals surface area (Å²) in [6.45, 7) is 0.0800. The summed E-state index contributed by atoms with van der Waals surface area (Å²) in [5.41, 5.74) is -0.673. The Morgan fingerprint density at radius 1 is 1.13 bits per heavy atom. The monoisotopic (exact) mass is 469 g/mol. The van der Waals surface area contributed by atoms with E-state index in [0.717, 1.165) is 19.3 Å². The lowest BCUT2D eigenvalue weighted by Gasteiger charge is -2.17. The average molecular weight is 470 g/mol. The summed E-state index contributed by atoms with van der Waals surface area (Å²) in [7, 11) is 1.57. The standard InChI is InChI=1S/C20H24ClN3O6S/c1-23-19(26)15(11-24(23)12-29-2)18(25)13-7-8-14(20(27)30-3)17(16(13)21)22-31(28)9-5-4-6-10-31/h7-8,11H,4-6,9-10,12H2,1-3H3. The van der Waals surface area contributed by atoms with Crippen LogP contribution in [0.3, 0.4) is 0 Å². The van der Waals surface area contributed by atoms with Gasteiger partial charge < -0.3 is 9.47 Å². The number of hydrogen-bond acceptors (Lipinski definition) is 7. The maximum absolute atomic E-state index is 13.2. The van der Waals surface area contributed by atoms with E-state index in [1.807, 2.05) is 0 Å². The van der Waals surface area contributed by atoms with E-state index in [0.29, 0.717) is 11.5 Å². The fourth-order valence-electron chi connectivity index (χ4n) is 3.43. The molecule has 0 saturated carbocycles. The molecule has 0 aliphatic carbocycles. The number of hydrogen-bond donors (Lipinski definition) is 0. The van der Waals surface area contributed by atoms with Crippen LogP contribution in [0, 0.1) is 0 Å². The molecule has 168 valence electrons. The van der Waals surface area contributed by atoms with Gasteiger partial charge in [0.05, 0.1) is 27.4 Å². The van der Waals surface area contributed by atoms with E-state index >= 15 is 0 Å². The largest absolute Gasteiger partial charge is 0.465 e. The van der Waals surface area contributed by atoms with E-state index in [9.17, 15) is 18.6 Å². The summed E-state index contributed by atoms with van der Waals surface area (Å²) in [4.78, 5) is 38.0. The first kappa shape index (κ1) is 23.2. The molecule has 9 nitrogen and oxygen atoms in total. The molecule has 2 heterocycles. The maximum atomic E-state index is 13.2. The number of methoxy groups -OCH3 is 2. The first-order valence-electron chi connectivity index (χ1n) is 9.66. The Labute approximate surface area is 185 Å².